The van der Waals surface area contributed by atoms with Gasteiger partial charge in [0.05, 0.1) is 12.3 Å². The molecule has 1 heterocycles. The molecule has 1 atom stereocenters. The second-order valence-corrected chi connectivity index (χ2v) is 4.40. The first-order valence-corrected chi connectivity index (χ1v) is 5.79. The number of halogens is 1. The van der Waals surface area contributed by atoms with Crippen LogP contribution in [0.4, 0.5) is 0 Å². The van der Waals surface area contributed by atoms with E-state index in [1.807, 2.05) is 37.5 Å². The Labute approximate surface area is 105 Å². The van der Waals surface area contributed by atoms with Gasteiger partial charge < -0.3 is 5.11 Å². The molecule has 0 aliphatic carbocycles. The van der Waals surface area contributed by atoms with Gasteiger partial charge in [0.1, 0.15) is 0 Å². The molecular weight excluding hydrogens is 238 g/mol. The third kappa shape index (κ3) is 2.84. The molecule has 1 unspecified atom stereocenters. The van der Waals surface area contributed by atoms with Gasteiger partial charge in [-0.1, -0.05) is 35.0 Å². The van der Waals surface area contributed by atoms with Crippen LogP contribution in [0.15, 0.2) is 30.5 Å². The number of aryl methyl sites for hydroxylation is 1. The average Bonchev–Trinajstić information content (AvgIpc) is 2.73. The molecule has 1 N–H and O–H groups in total. The highest BCUT2D eigenvalue weighted by Gasteiger charge is 2.15. The van der Waals surface area contributed by atoms with Crippen molar-refractivity contribution in [1.82, 2.24) is 15.0 Å². The van der Waals surface area contributed by atoms with E-state index in [-0.39, 0.29) is 12.5 Å². The van der Waals surface area contributed by atoms with Crippen molar-refractivity contribution in [3.05, 3.63) is 46.7 Å². The molecule has 2 aromatic rings. The lowest BCUT2D eigenvalue weighted by Gasteiger charge is -2.14. The van der Waals surface area contributed by atoms with Crippen LogP contribution in [-0.4, -0.2) is 26.7 Å². The Morgan fingerprint density at radius 3 is 2.76 bits per heavy atom. The standard InChI is InChI=1S/C12H14ClN3O/c1-16-7-10(14-15-16)6-9(8-17)11-4-2-3-5-12(11)13/h2-5,7,9,17H,6,8H2,1H3. The maximum absolute atomic E-state index is 9.46. The zero-order valence-corrected chi connectivity index (χ0v) is 10.3. The van der Waals surface area contributed by atoms with Crippen LogP contribution in [-0.2, 0) is 13.5 Å². The van der Waals surface area contributed by atoms with E-state index >= 15 is 0 Å². The number of aliphatic hydroxyl groups is 1. The summed E-state index contributed by atoms with van der Waals surface area (Å²) < 4.78 is 1.65. The summed E-state index contributed by atoms with van der Waals surface area (Å²) in [4.78, 5) is 0. The van der Waals surface area contributed by atoms with E-state index in [4.69, 9.17) is 11.6 Å². The van der Waals surface area contributed by atoms with Gasteiger partial charge in [0.2, 0.25) is 0 Å². The monoisotopic (exact) mass is 251 g/mol. The van der Waals surface area contributed by atoms with Crippen molar-refractivity contribution in [3.63, 3.8) is 0 Å². The van der Waals surface area contributed by atoms with Crippen LogP contribution in [0.25, 0.3) is 0 Å². The molecule has 17 heavy (non-hydrogen) atoms. The van der Waals surface area contributed by atoms with Crippen LogP contribution in [0, 0.1) is 0 Å². The number of nitrogens with zero attached hydrogens (tertiary/aromatic N) is 3. The number of benzene rings is 1. The highest BCUT2D eigenvalue weighted by molar-refractivity contribution is 6.31. The largest absolute Gasteiger partial charge is 0.396 e. The molecule has 4 nitrogen and oxygen atoms in total. The van der Waals surface area contributed by atoms with Crippen LogP contribution < -0.4 is 0 Å². The second-order valence-electron chi connectivity index (χ2n) is 3.99. The molecule has 2 rings (SSSR count). The molecule has 0 amide bonds. The highest BCUT2D eigenvalue weighted by atomic mass is 35.5. The fourth-order valence-electron chi connectivity index (χ4n) is 1.82. The molecule has 0 fully saturated rings. The molecule has 90 valence electrons. The molecule has 0 spiro atoms. The Morgan fingerprint density at radius 2 is 2.18 bits per heavy atom. The molecule has 1 aromatic carbocycles. The molecule has 0 saturated carbocycles. The molecule has 1 aromatic heterocycles. The topological polar surface area (TPSA) is 50.9 Å². The predicted molar refractivity (Wildman–Crippen MR) is 66.0 cm³/mol. The summed E-state index contributed by atoms with van der Waals surface area (Å²) in [6.07, 6.45) is 2.48. The third-order valence-corrected chi connectivity index (χ3v) is 3.02. The fraction of sp³-hybridized carbons (Fsp3) is 0.333. The van der Waals surface area contributed by atoms with Crippen LogP contribution in [0.5, 0.6) is 0 Å². The van der Waals surface area contributed by atoms with Crippen molar-refractivity contribution in [1.29, 1.82) is 0 Å². The molecule has 0 saturated heterocycles. The van der Waals surface area contributed by atoms with Crippen molar-refractivity contribution in [3.8, 4) is 0 Å². The number of rotatable bonds is 4. The molecule has 0 aliphatic rings. The summed E-state index contributed by atoms with van der Waals surface area (Å²) in [5.41, 5.74) is 1.80. The van der Waals surface area contributed by atoms with Gasteiger partial charge in [0.25, 0.3) is 0 Å². The quantitative estimate of drug-likeness (QED) is 0.901. The van der Waals surface area contributed by atoms with Gasteiger partial charge in [-0.2, -0.15) is 0 Å². The van der Waals surface area contributed by atoms with E-state index < -0.39 is 0 Å². The Hall–Kier alpha value is -1.39. The lowest BCUT2D eigenvalue weighted by Crippen LogP contribution is -2.08. The summed E-state index contributed by atoms with van der Waals surface area (Å²) in [6, 6.07) is 7.55. The van der Waals surface area contributed by atoms with Gasteiger partial charge in [-0.05, 0) is 11.6 Å². The van der Waals surface area contributed by atoms with Gasteiger partial charge in [-0.3, -0.25) is 4.68 Å². The summed E-state index contributed by atoms with van der Waals surface area (Å²) in [5, 5.41) is 18.0. The molecular formula is C12H14ClN3O. The molecule has 0 radical (unpaired) electrons. The SMILES string of the molecule is Cn1cc(CC(CO)c2ccccc2Cl)nn1. The van der Waals surface area contributed by atoms with Crippen molar-refractivity contribution in [2.24, 2.45) is 7.05 Å². The normalized spacial score (nSPS) is 12.6. The van der Waals surface area contributed by atoms with Crippen molar-refractivity contribution in [2.75, 3.05) is 6.61 Å². The zero-order valence-electron chi connectivity index (χ0n) is 9.55. The zero-order chi connectivity index (χ0) is 12.3. The van der Waals surface area contributed by atoms with Crippen molar-refractivity contribution >= 4 is 11.6 Å². The second kappa shape index (κ2) is 5.29. The van der Waals surface area contributed by atoms with Crippen molar-refractivity contribution in [2.45, 2.75) is 12.3 Å². The number of hydrogen-bond acceptors (Lipinski definition) is 3. The number of hydrogen-bond donors (Lipinski definition) is 1. The van der Waals surface area contributed by atoms with Gasteiger partial charge in [0, 0.05) is 30.6 Å². The first kappa shape index (κ1) is 12.1. The lowest BCUT2D eigenvalue weighted by molar-refractivity contribution is 0.264. The highest BCUT2D eigenvalue weighted by Crippen LogP contribution is 2.26. The summed E-state index contributed by atoms with van der Waals surface area (Å²) in [6.45, 7) is 0.0420. The Balaban J connectivity index is 2.20. The number of aliphatic hydroxyl groups excluding tert-OH is 1. The maximum atomic E-state index is 9.46. The smallest absolute Gasteiger partial charge is 0.0834 e. The van der Waals surface area contributed by atoms with Gasteiger partial charge in [-0.25, -0.2) is 0 Å². The maximum Gasteiger partial charge on any atom is 0.0834 e. The first-order valence-electron chi connectivity index (χ1n) is 5.41. The van der Waals surface area contributed by atoms with Crippen molar-refractivity contribution < 1.29 is 5.11 Å². The fourth-order valence-corrected chi connectivity index (χ4v) is 2.11. The molecule has 5 heteroatoms. The van der Waals surface area contributed by atoms with E-state index in [1.54, 1.807) is 4.68 Å². The van der Waals surface area contributed by atoms with E-state index in [9.17, 15) is 5.11 Å². The van der Waals surface area contributed by atoms with Gasteiger partial charge in [-0.15, -0.1) is 5.10 Å². The van der Waals surface area contributed by atoms with E-state index in [0.29, 0.717) is 11.4 Å². The van der Waals surface area contributed by atoms with Crippen LogP contribution in [0.2, 0.25) is 5.02 Å². The minimum Gasteiger partial charge on any atom is -0.396 e. The average molecular weight is 252 g/mol. The number of aromatic nitrogens is 3. The van der Waals surface area contributed by atoms with Crippen LogP contribution in [0.1, 0.15) is 17.2 Å². The van der Waals surface area contributed by atoms with Gasteiger partial charge >= 0.3 is 0 Å². The third-order valence-electron chi connectivity index (χ3n) is 2.67. The summed E-state index contributed by atoms with van der Waals surface area (Å²) in [5.74, 6) is -0.0413. The minimum atomic E-state index is -0.0413. The Bertz CT molecular complexity index is 498. The Morgan fingerprint density at radius 1 is 1.41 bits per heavy atom. The lowest BCUT2D eigenvalue weighted by atomic mass is 9.95. The van der Waals surface area contributed by atoms with E-state index in [1.165, 1.54) is 0 Å². The van der Waals surface area contributed by atoms with E-state index in [0.717, 1.165) is 11.3 Å². The molecule has 0 aliphatic heterocycles. The molecule has 0 bridgehead atoms. The summed E-state index contributed by atoms with van der Waals surface area (Å²) in [7, 11) is 1.82. The first-order chi connectivity index (χ1) is 8.20. The summed E-state index contributed by atoms with van der Waals surface area (Å²) >= 11 is 6.12. The van der Waals surface area contributed by atoms with Crippen LogP contribution in [0.3, 0.4) is 0 Å². The van der Waals surface area contributed by atoms with Gasteiger partial charge in [0.15, 0.2) is 0 Å². The van der Waals surface area contributed by atoms with Crippen LogP contribution >= 0.6 is 11.6 Å². The minimum absolute atomic E-state index is 0.0413. The van der Waals surface area contributed by atoms with E-state index in [2.05, 4.69) is 10.3 Å². The predicted octanol–water partition coefficient (Wildman–Crippen LogP) is 1.79. The Kier molecular flexibility index (Phi) is 3.76.